The SMILES string of the molecule is C=C(C)COCCNc1cc(C(N)=O)ccc1N. The topological polar surface area (TPSA) is 90.4 Å². The molecule has 0 aliphatic rings. The summed E-state index contributed by atoms with van der Waals surface area (Å²) in [6, 6.07) is 4.88. The Kier molecular flexibility index (Phi) is 5.20. The number of carbonyl (C=O) groups is 1. The first-order valence-corrected chi connectivity index (χ1v) is 5.66. The van der Waals surface area contributed by atoms with Gasteiger partial charge in [-0.3, -0.25) is 4.79 Å². The molecule has 0 bridgehead atoms. The van der Waals surface area contributed by atoms with Crippen molar-refractivity contribution in [3.05, 3.63) is 35.9 Å². The number of nitrogens with two attached hydrogens (primary N) is 2. The number of nitrogen functional groups attached to an aromatic ring is 1. The quantitative estimate of drug-likeness (QED) is 0.387. The summed E-state index contributed by atoms with van der Waals surface area (Å²) >= 11 is 0. The van der Waals surface area contributed by atoms with E-state index in [0.29, 0.717) is 36.7 Å². The number of hydrogen-bond acceptors (Lipinski definition) is 4. The molecule has 0 saturated carbocycles. The second-order valence-corrected chi connectivity index (χ2v) is 4.10. The van der Waals surface area contributed by atoms with Gasteiger partial charge in [-0.05, 0) is 25.1 Å². The van der Waals surface area contributed by atoms with Gasteiger partial charge in [-0.2, -0.15) is 0 Å². The molecule has 0 heterocycles. The minimum absolute atomic E-state index is 0.426. The summed E-state index contributed by atoms with van der Waals surface area (Å²) < 4.78 is 5.34. The standard InChI is InChI=1S/C13H19N3O2/c1-9(2)8-18-6-5-16-12-7-10(13(15)17)3-4-11(12)14/h3-4,7,16H,1,5-6,8,14H2,2H3,(H2,15,17). The first-order valence-electron chi connectivity index (χ1n) is 5.66. The zero-order chi connectivity index (χ0) is 13.5. The van der Waals surface area contributed by atoms with Crippen molar-refractivity contribution in [2.75, 3.05) is 30.8 Å². The number of anilines is 2. The summed E-state index contributed by atoms with van der Waals surface area (Å²) in [5, 5.41) is 3.09. The third-order valence-corrected chi connectivity index (χ3v) is 2.25. The number of carbonyl (C=O) groups excluding carboxylic acids is 1. The van der Waals surface area contributed by atoms with E-state index in [1.807, 2.05) is 6.92 Å². The highest BCUT2D eigenvalue weighted by molar-refractivity contribution is 5.94. The van der Waals surface area contributed by atoms with Crippen LogP contribution in [0, 0.1) is 0 Å². The Morgan fingerprint density at radius 1 is 1.50 bits per heavy atom. The molecule has 0 atom stereocenters. The normalized spacial score (nSPS) is 10.1. The summed E-state index contributed by atoms with van der Waals surface area (Å²) in [7, 11) is 0. The largest absolute Gasteiger partial charge is 0.397 e. The number of rotatable bonds is 7. The van der Waals surface area contributed by atoms with Crippen molar-refractivity contribution >= 4 is 17.3 Å². The zero-order valence-electron chi connectivity index (χ0n) is 10.5. The molecule has 0 saturated heterocycles. The molecule has 1 aromatic carbocycles. The minimum atomic E-state index is -0.475. The first kappa shape index (κ1) is 14.1. The molecule has 0 aliphatic carbocycles. The fourth-order valence-corrected chi connectivity index (χ4v) is 1.37. The van der Waals surface area contributed by atoms with Crippen LogP contribution in [-0.4, -0.2) is 25.7 Å². The molecule has 0 spiro atoms. The molecule has 0 aromatic heterocycles. The Bertz CT molecular complexity index is 444. The van der Waals surface area contributed by atoms with Crippen molar-refractivity contribution in [1.29, 1.82) is 0 Å². The molecule has 0 fully saturated rings. The Morgan fingerprint density at radius 2 is 2.22 bits per heavy atom. The summed E-state index contributed by atoms with van der Waals surface area (Å²) in [5.74, 6) is -0.475. The Balaban J connectivity index is 2.48. The Morgan fingerprint density at radius 3 is 2.83 bits per heavy atom. The van der Waals surface area contributed by atoms with E-state index in [9.17, 15) is 4.79 Å². The van der Waals surface area contributed by atoms with E-state index in [1.54, 1.807) is 18.2 Å². The van der Waals surface area contributed by atoms with Gasteiger partial charge in [-0.1, -0.05) is 12.2 Å². The molecule has 1 amide bonds. The molecule has 5 heteroatoms. The zero-order valence-corrected chi connectivity index (χ0v) is 10.5. The van der Waals surface area contributed by atoms with Crippen molar-refractivity contribution in [1.82, 2.24) is 0 Å². The van der Waals surface area contributed by atoms with Gasteiger partial charge in [0, 0.05) is 12.1 Å². The maximum absolute atomic E-state index is 11.0. The van der Waals surface area contributed by atoms with Crippen molar-refractivity contribution in [3.8, 4) is 0 Å². The van der Waals surface area contributed by atoms with Crippen molar-refractivity contribution in [3.63, 3.8) is 0 Å². The van der Waals surface area contributed by atoms with Gasteiger partial charge in [-0.15, -0.1) is 0 Å². The smallest absolute Gasteiger partial charge is 0.248 e. The lowest BCUT2D eigenvalue weighted by atomic mass is 10.1. The first-order chi connectivity index (χ1) is 8.50. The van der Waals surface area contributed by atoms with E-state index in [4.69, 9.17) is 16.2 Å². The van der Waals surface area contributed by atoms with Crippen LogP contribution >= 0.6 is 0 Å². The van der Waals surface area contributed by atoms with Crippen LogP contribution in [-0.2, 0) is 4.74 Å². The van der Waals surface area contributed by atoms with Crippen LogP contribution in [0.2, 0.25) is 0 Å². The van der Waals surface area contributed by atoms with Crippen molar-refractivity contribution in [2.45, 2.75) is 6.92 Å². The molecular weight excluding hydrogens is 230 g/mol. The molecule has 5 N–H and O–H groups in total. The molecule has 1 rings (SSSR count). The van der Waals surface area contributed by atoms with Gasteiger partial charge in [0.25, 0.3) is 0 Å². The fraction of sp³-hybridized carbons (Fsp3) is 0.308. The number of nitrogens with one attached hydrogen (secondary N) is 1. The highest BCUT2D eigenvalue weighted by atomic mass is 16.5. The van der Waals surface area contributed by atoms with Gasteiger partial charge < -0.3 is 21.5 Å². The fourth-order valence-electron chi connectivity index (χ4n) is 1.37. The maximum atomic E-state index is 11.0. The Labute approximate surface area is 107 Å². The van der Waals surface area contributed by atoms with Crippen LogP contribution in [0.4, 0.5) is 11.4 Å². The Hall–Kier alpha value is -2.01. The number of hydrogen-bond donors (Lipinski definition) is 3. The summed E-state index contributed by atoms with van der Waals surface area (Å²) in [4.78, 5) is 11.0. The lowest BCUT2D eigenvalue weighted by molar-refractivity contribution is 0.100. The second-order valence-electron chi connectivity index (χ2n) is 4.10. The van der Waals surface area contributed by atoms with Crippen LogP contribution in [0.1, 0.15) is 17.3 Å². The highest BCUT2D eigenvalue weighted by Crippen LogP contribution is 2.19. The van der Waals surface area contributed by atoms with E-state index in [2.05, 4.69) is 11.9 Å². The van der Waals surface area contributed by atoms with Crippen LogP contribution in [0.3, 0.4) is 0 Å². The van der Waals surface area contributed by atoms with Crippen LogP contribution in [0.15, 0.2) is 30.4 Å². The van der Waals surface area contributed by atoms with Gasteiger partial charge >= 0.3 is 0 Å². The van der Waals surface area contributed by atoms with Gasteiger partial charge in [0.2, 0.25) is 5.91 Å². The molecule has 98 valence electrons. The van der Waals surface area contributed by atoms with E-state index in [-0.39, 0.29) is 0 Å². The van der Waals surface area contributed by atoms with Crippen molar-refractivity contribution < 1.29 is 9.53 Å². The number of benzene rings is 1. The van der Waals surface area contributed by atoms with E-state index < -0.39 is 5.91 Å². The molecule has 0 unspecified atom stereocenters. The van der Waals surface area contributed by atoms with Gasteiger partial charge in [0.1, 0.15) is 0 Å². The van der Waals surface area contributed by atoms with Gasteiger partial charge in [0.15, 0.2) is 0 Å². The van der Waals surface area contributed by atoms with Crippen molar-refractivity contribution in [2.24, 2.45) is 5.73 Å². The van der Waals surface area contributed by atoms with Crippen LogP contribution < -0.4 is 16.8 Å². The molecule has 0 radical (unpaired) electrons. The highest BCUT2D eigenvalue weighted by Gasteiger charge is 2.04. The summed E-state index contributed by atoms with van der Waals surface area (Å²) in [6.07, 6.45) is 0. The molecule has 0 aliphatic heterocycles. The average Bonchev–Trinajstić information content (AvgIpc) is 2.30. The number of ether oxygens (including phenoxy) is 1. The average molecular weight is 249 g/mol. The third kappa shape index (κ3) is 4.47. The molecule has 5 nitrogen and oxygen atoms in total. The van der Waals surface area contributed by atoms with Gasteiger partial charge in [-0.25, -0.2) is 0 Å². The van der Waals surface area contributed by atoms with Crippen LogP contribution in [0.5, 0.6) is 0 Å². The third-order valence-electron chi connectivity index (χ3n) is 2.25. The van der Waals surface area contributed by atoms with E-state index >= 15 is 0 Å². The number of primary amides is 1. The number of amides is 1. The van der Waals surface area contributed by atoms with E-state index in [1.165, 1.54) is 0 Å². The monoisotopic (exact) mass is 249 g/mol. The predicted molar refractivity (Wildman–Crippen MR) is 73.5 cm³/mol. The summed E-state index contributed by atoms with van der Waals surface area (Å²) in [5.41, 5.74) is 13.6. The lowest BCUT2D eigenvalue weighted by Crippen LogP contribution is -2.14. The predicted octanol–water partition coefficient (Wildman–Crippen LogP) is 1.37. The van der Waals surface area contributed by atoms with Gasteiger partial charge in [0.05, 0.1) is 24.6 Å². The minimum Gasteiger partial charge on any atom is -0.397 e. The lowest BCUT2D eigenvalue weighted by Gasteiger charge is -2.10. The summed E-state index contributed by atoms with van der Waals surface area (Å²) in [6.45, 7) is 7.32. The van der Waals surface area contributed by atoms with E-state index in [0.717, 1.165) is 5.57 Å². The van der Waals surface area contributed by atoms with Crippen LogP contribution in [0.25, 0.3) is 0 Å². The maximum Gasteiger partial charge on any atom is 0.248 e. The molecule has 18 heavy (non-hydrogen) atoms. The molecular formula is C13H19N3O2. The molecule has 1 aromatic rings. The second kappa shape index (κ2) is 6.66.